The highest BCUT2D eigenvalue weighted by atomic mass is 15.2. The van der Waals surface area contributed by atoms with Crippen molar-refractivity contribution in [3.63, 3.8) is 0 Å². The zero-order chi connectivity index (χ0) is 15.6. The first-order chi connectivity index (χ1) is 11.3. The molecule has 116 valence electrons. The molecule has 0 aliphatic carbocycles. The van der Waals surface area contributed by atoms with Gasteiger partial charge in [0, 0.05) is 24.2 Å². The van der Waals surface area contributed by atoms with Crippen molar-refractivity contribution in [3.05, 3.63) is 54.1 Å². The van der Waals surface area contributed by atoms with Crippen LogP contribution in [0, 0.1) is 6.92 Å². The van der Waals surface area contributed by atoms with Gasteiger partial charge < -0.3 is 10.2 Å². The molecule has 2 aromatic carbocycles. The average molecular weight is 304 g/mol. The molecule has 2 heterocycles. The zero-order valence-electron chi connectivity index (χ0n) is 13.3. The van der Waals surface area contributed by atoms with Crippen LogP contribution < -0.4 is 10.2 Å². The minimum absolute atomic E-state index is 0.663. The van der Waals surface area contributed by atoms with Crippen LogP contribution in [0.3, 0.4) is 0 Å². The van der Waals surface area contributed by atoms with Gasteiger partial charge in [-0.25, -0.2) is 4.98 Å². The molecule has 3 aromatic rings. The Bertz CT molecular complexity index is 838. The summed E-state index contributed by atoms with van der Waals surface area (Å²) < 4.78 is 0. The first kappa shape index (κ1) is 14.0. The Morgan fingerprint density at radius 3 is 2.61 bits per heavy atom. The number of para-hydroxylation sites is 1. The monoisotopic (exact) mass is 304 g/mol. The number of nitrogens with one attached hydrogen (secondary N) is 1. The van der Waals surface area contributed by atoms with Crippen LogP contribution in [0.2, 0.25) is 0 Å². The molecule has 1 saturated heterocycles. The second kappa shape index (κ2) is 5.88. The van der Waals surface area contributed by atoms with E-state index in [0.29, 0.717) is 5.95 Å². The number of hydrogen-bond donors (Lipinski definition) is 1. The maximum Gasteiger partial charge on any atom is 0.229 e. The lowest BCUT2D eigenvalue weighted by molar-refractivity contribution is 0.941. The fraction of sp³-hybridized carbons (Fsp3) is 0.263. The number of hydrogen-bond acceptors (Lipinski definition) is 4. The molecule has 4 nitrogen and oxygen atoms in total. The van der Waals surface area contributed by atoms with E-state index in [4.69, 9.17) is 4.98 Å². The first-order valence-corrected chi connectivity index (χ1v) is 8.15. The smallest absolute Gasteiger partial charge is 0.229 e. The molecule has 4 rings (SSSR count). The summed E-state index contributed by atoms with van der Waals surface area (Å²) in [5.41, 5.74) is 3.22. The van der Waals surface area contributed by atoms with Crippen LogP contribution in [-0.2, 0) is 0 Å². The number of nitrogens with zero attached hydrogens (tertiary/aromatic N) is 3. The summed E-state index contributed by atoms with van der Waals surface area (Å²) in [5.74, 6) is 1.71. The summed E-state index contributed by atoms with van der Waals surface area (Å²) in [6, 6.07) is 16.5. The molecule has 0 atom stereocenters. The van der Waals surface area contributed by atoms with Gasteiger partial charge in [-0.05, 0) is 49.6 Å². The van der Waals surface area contributed by atoms with Crippen LogP contribution in [0.5, 0.6) is 0 Å². The molecule has 0 amide bonds. The Labute approximate surface area is 136 Å². The summed E-state index contributed by atoms with van der Waals surface area (Å²) in [5, 5.41) is 4.48. The molecular weight excluding hydrogens is 284 g/mol. The molecule has 0 radical (unpaired) electrons. The van der Waals surface area contributed by atoms with Crippen LogP contribution >= 0.6 is 0 Å². The van der Waals surface area contributed by atoms with E-state index in [1.54, 1.807) is 0 Å². The molecule has 1 aromatic heterocycles. The van der Waals surface area contributed by atoms with Crippen molar-refractivity contribution < 1.29 is 0 Å². The van der Waals surface area contributed by atoms with Gasteiger partial charge in [-0.3, -0.25) is 0 Å². The molecule has 0 unspecified atom stereocenters. The molecule has 0 saturated carbocycles. The highest BCUT2D eigenvalue weighted by Crippen LogP contribution is 2.28. The van der Waals surface area contributed by atoms with Crippen LogP contribution in [-0.4, -0.2) is 23.1 Å². The van der Waals surface area contributed by atoms with Crippen LogP contribution in [0.1, 0.15) is 18.4 Å². The van der Waals surface area contributed by atoms with E-state index < -0.39 is 0 Å². The fourth-order valence-corrected chi connectivity index (χ4v) is 3.14. The van der Waals surface area contributed by atoms with Crippen LogP contribution in [0.4, 0.5) is 17.5 Å². The number of rotatable bonds is 3. The molecule has 1 fully saturated rings. The van der Waals surface area contributed by atoms with Gasteiger partial charge >= 0.3 is 0 Å². The van der Waals surface area contributed by atoms with E-state index in [2.05, 4.69) is 52.5 Å². The quantitative estimate of drug-likeness (QED) is 0.784. The molecule has 1 aliphatic heterocycles. The Kier molecular flexibility index (Phi) is 3.58. The summed E-state index contributed by atoms with van der Waals surface area (Å²) in [6.45, 7) is 4.23. The van der Waals surface area contributed by atoms with Gasteiger partial charge in [0.1, 0.15) is 5.82 Å². The topological polar surface area (TPSA) is 41.1 Å². The minimum Gasteiger partial charge on any atom is -0.356 e. The third-order valence-corrected chi connectivity index (χ3v) is 4.26. The largest absolute Gasteiger partial charge is 0.356 e. The Morgan fingerprint density at radius 1 is 0.957 bits per heavy atom. The fourth-order valence-electron chi connectivity index (χ4n) is 3.14. The lowest BCUT2D eigenvalue weighted by atomic mass is 10.2. The second-order valence-electron chi connectivity index (χ2n) is 6.08. The number of fused-ring (bicyclic) bond motifs is 1. The van der Waals surface area contributed by atoms with E-state index in [0.717, 1.165) is 35.5 Å². The Morgan fingerprint density at radius 2 is 1.78 bits per heavy atom. The molecule has 23 heavy (non-hydrogen) atoms. The van der Waals surface area contributed by atoms with Gasteiger partial charge in [0.25, 0.3) is 0 Å². The van der Waals surface area contributed by atoms with Crippen molar-refractivity contribution >= 4 is 28.4 Å². The van der Waals surface area contributed by atoms with Crippen LogP contribution in [0.15, 0.2) is 48.5 Å². The third kappa shape index (κ3) is 2.84. The second-order valence-corrected chi connectivity index (χ2v) is 6.08. The normalized spacial score (nSPS) is 14.4. The van der Waals surface area contributed by atoms with Crippen molar-refractivity contribution in [2.45, 2.75) is 19.8 Å². The van der Waals surface area contributed by atoms with Crippen molar-refractivity contribution in [3.8, 4) is 0 Å². The zero-order valence-corrected chi connectivity index (χ0v) is 13.3. The highest BCUT2D eigenvalue weighted by molar-refractivity contribution is 5.90. The summed E-state index contributed by atoms with van der Waals surface area (Å²) in [7, 11) is 0. The lowest BCUT2D eigenvalue weighted by Crippen LogP contribution is -2.20. The molecule has 1 aliphatic rings. The first-order valence-electron chi connectivity index (χ1n) is 8.15. The molecule has 1 N–H and O–H groups in total. The van der Waals surface area contributed by atoms with E-state index in [1.807, 2.05) is 18.2 Å². The minimum atomic E-state index is 0.663. The summed E-state index contributed by atoms with van der Waals surface area (Å²) in [4.78, 5) is 11.9. The predicted molar refractivity (Wildman–Crippen MR) is 95.4 cm³/mol. The Balaban J connectivity index is 1.77. The van der Waals surface area contributed by atoms with Crippen molar-refractivity contribution in [1.29, 1.82) is 0 Å². The molecule has 4 heteroatoms. The van der Waals surface area contributed by atoms with Crippen molar-refractivity contribution in [1.82, 2.24) is 9.97 Å². The van der Waals surface area contributed by atoms with E-state index >= 15 is 0 Å². The van der Waals surface area contributed by atoms with Gasteiger partial charge in [-0.1, -0.05) is 24.3 Å². The summed E-state index contributed by atoms with van der Waals surface area (Å²) >= 11 is 0. The van der Waals surface area contributed by atoms with Crippen LogP contribution in [0.25, 0.3) is 10.9 Å². The van der Waals surface area contributed by atoms with E-state index in [9.17, 15) is 0 Å². The number of aromatic nitrogens is 2. The molecular formula is C19H20N4. The maximum absolute atomic E-state index is 4.81. The van der Waals surface area contributed by atoms with Crippen molar-refractivity contribution in [2.75, 3.05) is 23.3 Å². The van der Waals surface area contributed by atoms with E-state index in [1.165, 1.54) is 18.4 Å². The van der Waals surface area contributed by atoms with Gasteiger partial charge in [0.15, 0.2) is 0 Å². The third-order valence-electron chi connectivity index (χ3n) is 4.26. The maximum atomic E-state index is 4.81. The Hall–Kier alpha value is -2.62. The molecule has 0 bridgehead atoms. The standard InChI is InChI=1S/C19H20N4/c1-14-7-6-8-15(13-14)20-19-21-17-10-3-2-9-16(17)18(22-19)23-11-4-5-12-23/h2-3,6-10,13H,4-5,11-12H2,1H3,(H,20,21,22). The number of anilines is 3. The van der Waals surface area contributed by atoms with E-state index in [-0.39, 0.29) is 0 Å². The number of benzene rings is 2. The predicted octanol–water partition coefficient (Wildman–Crippen LogP) is 4.28. The lowest BCUT2D eigenvalue weighted by Gasteiger charge is -2.19. The van der Waals surface area contributed by atoms with Gasteiger partial charge in [0.05, 0.1) is 5.52 Å². The van der Waals surface area contributed by atoms with Crippen molar-refractivity contribution in [2.24, 2.45) is 0 Å². The van der Waals surface area contributed by atoms with Gasteiger partial charge in [0.2, 0.25) is 5.95 Å². The summed E-state index contributed by atoms with van der Waals surface area (Å²) in [6.07, 6.45) is 2.47. The molecule has 0 spiro atoms. The SMILES string of the molecule is Cc1cccc(Nc2nc(N3CCCC3)c3ccccc3n2)c1. The number of aryl methyl sites for hydroxylation is 1. The average Bonchev–Trinajstić information content (AvgIpc) is 3.08. The van der Waals surface area contributed by atoms with Gasteiger partial charge in [-0.2, -0.15) is 4.98 Å². The van der Waals surface area contributed by atoms with Gasteiger partial charge in [-0.15, -0.1) is 0 Å². The highest BCUT2D eigenvalue weighted by Gasteiger charge is 2.18.